The molecule has 0 aliphatic heterocycles. The van der Waals surface area contributed by atoms with Crippen molar-refractivity contribution >= 4 is 11.9 Å². The van der Waals surface area contributed by atoms with Crippen LogP contribution in [-0.2, 0) is 20.7 Å². The molecule has 0 saturated carbocycles. The molecule has 1 N–H and O–H groups in total. The summed E-state index contributed by atoms with van der Waals surface area (Å²) in [5, 5.41) is 8.56. The van der Waals surface area contributed by atoms with Crippen molar-refractivity contribution in [1.82, 2.24) is 0 Å². The third-order valence-corrected chi connectivity index (χ3v) is 4.36. The van der Waals surface area contributed by atoms with E-state index in [0.717, 1.165) is 36.3 Å². The van der Waals surface area contributed by atoms with Gasteiger partial charge in [-0.2, -0.15) is 0 Å². The van der Waals surface area contributed by atoms with E-state index < -0.39 is 5.97 Å². The number of carbonyl (C=O) groups is 2. The predicted octanol–water partition coefficient (Wildman–Crippen LogP) is 4.66. The van der Waals surface area contributed by atoms with Gasteiger partial charge in [-0.1, -0.05) is 30.3 Å². The summed E-state index contributed by atoms with van der Waals surface area (Å²) in [4.78, 5) is 21.9. The molecule has 0 bridgehead atoms. The molecule has 2 aromatic carbocycles. The summed E-state index contributed by atoms with van der Waals surface area (Å²) in [6.07, 6.45) is 3.77. The van der Waals surface area contributed by atoms with Crippen LogP contribution in [0.25, 0.3) is 0 Å². The maximum atomic E-state index is 11.5. The number of para-hydroxylation sites is 1. The summed E-state index contributed by atoms with van der Waals surface area (Å²) in [6, 6.07) is 17.7. The molecule has 0 spiro atoms. The number of rotatable bonds is 15. The molecule has 6 nitrogen and oxygen atoms in total. The van der Waals surface area contributed by atoms with E-state index in [0.29, 0.717) is 32.7 Å². The first-order chi connectivity index (χ1) is 14.6. The average molecular weight is 414 g/mol. The fraction of sp³-hybridized carbons (Fsp3) is 0.417. The maximum absolute atomic E-state index is 11.5. The van der Waals surface area contributed by atoms with Crippen LogP contribution in [0.2, 0.25) is 0 Å². The van der Waals surface area contributed by atoms with Gasteiger partial charge in [-0.05, 0) is 61.9 Å². The number of carboxylic acids is 1. The number of benzene rings is 2. The monoisotopic (exact) mass is 414 g/mol. The number of carboxylic acid groups (broad SMARTS) is 1. The van der Waals surface area contributed by atoms with Gasteiger partial charge in [-0.3, -0.25) is 9.59 Å². The van der Waals surface area contributed by atoms with Crippen molar-refractivity contribution in [1.29, 1.82) is 0 Å². The highest BCUT2D eigenvalue weighted by atomic mass is 16.5. The van der Waals surface area contributed by atoms with Crippen LogP contribution in [0.15, 0.2) is 54.6 Å². The lowest BCUT2D eigenvalue weighted by atomic mass is 10.1. The Bertz CT molecular complexity index is 759. The second-order valence-corrected chi connectivity index (χ2v) is 6.94. The lowest BCUT2D eigenvalue weighted by Gasteiger charge is -2.09. The molecule has 0 heterocycles. The first kappa shape index (κ1) is 23.3. The molecule has 2 aromatic rings. The van der Waals surface area contributed by atoms with Gasteiger partial charge in [0, 0.05) is 12.8 Å². The summed E-state index contributed by atoms with van der Waals surface area (Å²) in [6.45, 7) is 1.64. The lowest BCUT2D eigenvalue weighted by Crippen LogP contribution is -2.07. The molecular weight excluding hydrogens is 384 g/mol. The van der Waals surface area contributed by atoms with Gasteiger partial charge in [0.05, 0.1) is 19.8 Å². The van der Waals surface area contributed by atoms with Crippen LogP contribution in [0.4, 0.5) is 0 Å². The topological polar surface area (TPSA) is 82.1 Å². The zero-order valence-corrected chi connectivity index (χ0v) is 17.3. The second kappa shape index (κ2) is 14.0. The van der Waals surface area contributed by atoms with Gasteiger partial charge in [0.15, 0.2) is 0 Å². The molecule has 0 unspecified atom stereocenters. The molecule has 0 aliphatic carbocycles. The van der Waals surface area contributed by atoms with Crippen molar-refractivity contribution in [3.8, 4) is 11.5 Å². The minimum Gasteiger partial charge on any atom is -0.494 e. The molecule has 0 saturated heterocycles. The van der Waals surface area contributed by atoms with Crippen molar-refractivity contribution < 1.29 is 28.9 Å². The normalized spacial score (nSPS) is 10.4. The summed E-state index contributed by atoms with van der Waals surface area (Å²) >= 11 is 0. The van der Waals surface area contributed by atoms with Crippen LogP contribution in [-0.4, -0.2) is 36.9 Å². The Morgan fingerprint density at radius 1 is 0.733 bits per heavy atom. The number of hydrogen-bond donors (Lipinski definition) is 1. The van der Waals surface area contributed by atoms with E-state index in [4.69, 9.17) is 19.3 Å². The van der Waals surface area contributed by atoms with Gasteiger partial charge < -0.3 is 19.3 Å². The quantitative estimate of drug-likeness (QED) is 0.337. The largest absolute Gasteiger partial charge is 0.494 e. The number of unbranched alkanes of at least 4 members (excludes halogenated alkanes) is 1. The average Bonchev–Trinajstić information content (AvgIpc) is 2.74. The third kappa shape index (κ3) is 10.5. The number of ether oxygens (including phenoxy) is 3. The first-order valence-electron chi connectivity index (χ1n) is 10.4. The fourth-order valence-corrected chi connectivity index (χ4v) is 2.81. The number of esters is 1. The molecule has 162 valence electrons. The van der Waals surface area contributed by atoms with Gasteiger partial charge in [-0.15, -0.1) is 0 Å². The number of carbonyl (C=O) groups excluding carboxylic acids is 1. The highest BCUT2D eigenvalue weighted by Gasteiger charge is 2.05. The van der Waals surface area contributed by atoms with Gasteiger partial charge >= 0.3 is 11.9 Å². The molecule has 2 rings (SSSR count). The van der Waals surface area contributed by atoms with Crippen molar-refractivity contribution in [3.05, 3.63) is 60.2 Å². The molecule has 0 fully saturated rings. The summed E-state index contributed by atoms with van der Waals surface area (Å²) < 4.78 is 16.6. The minimum atomic E-state index is -0.898. The number of aryl methyl sites for hydroxylation is 1. The molecule has 30 heavy (non-hydrogen) atoms. The van der Waals surface area contributed by atoms with Gasteiger partial charge in [-0.25, -0.2) is 0 Å². The van der Waals surface area contributed by atoms with Crippen LogP contribution >= 0.6 is 0 Å². The molecular formula is C24H30O6. The van der Waals surface area contributed by atoms with Gasteiger partial charge in [0.25, 0.3) is 0 Å². The zero-order chi connectivity index (χ0) is 21.4. The summed E-state index contributed by atoms with van der Waals surface area (Å²) in [5.74, 6) is 0.481. The first-order valence-corrected chi connectivity index (χ1v) is 10.4. The molecule has 6 heteroatoms. The smallest absolute Gasteiger partial charge is 0.305 e. The fourth-order valence-electron chi connectivity index (χ4n) is 2.81. The Labute approximate surface area is 177 Å². The number of aliphatic carboxylic acids is 1. The van der Waals surface area contributed by atoms with Crippen molar-refractivity contribution in [2.45, 2.75) is 44.9 Å². The van der Waals surface area contributed by atoms with Crippen molar-refractivity contribution in [3.63, 3.8) is 0 Å². The van der Waals surface area contributed by atoms with Crippen LogP contribution in [0.1, 0.15) is 44.1 Å². The Kier molecular flexibility index (Phi) is 10.9. The van der Waals surface area contributed by atoms with Crippen LogP contribution in [0, 0.1) is 0 Å². The summed E-state index contributed by atoms with van der Waals surface area (Å²) in [7, 11) is 0. The van der Waals surface area contributed by atoms with E-state index in [2.05, 4.69) is 0 Å². The highest BCUT2D eigenvalue weighted by Crippen LogP contribution is 2.15. The van der Waals surface area contributed by atoms with Gasteiger partial charge in [0.1, 0.15) is 11.5 Å². The van der Waals surface area contributed by atoms with E-state index in [1.807, 2.05) is 54.6 Å². The van der Waals surface area contributed by atoms with E-state index in [1.54, 1.807) is 0 Å². The van der Waals surface area contributed by atoms with Crippen LogP contribution < -0.4 is 9.47 Å². The Balaban J connectivity index is 1.54. The van der Waals surface area contributed by atoms with E-state index in [-0.39, 0.29) is 18.8 Å². The van der Waals surface area contributed by atoms with Crippen LogP contribution in [0.3, 0.4) is 0 Å². The van der Waals surface area contributed by atoms with E-state index in [1.165, 1.54) is 0 Å². The minimum absolute atomic E-state index is 0.0120. The molecule has 0 aliphatic rings. The second-order valence-electron chi connectivity index (χ2n) is 6.94. The summed E-state index contributed by atoms with van der Waals surface area (Å²) in [5.41, 5.74) is 1.13. The lowest BCUT2D eigenvalue weighted by molar-refractivity contribution is -0.144. The standard InChI is InChI=1S/C24H30O6/c25-23(26)14-7-15-24(27)30-18-8-10-20-9-6-13-22(19-20)29-17-5-4-16-28-21-11-2-1-3-12-21/h1-3,6,9,11-13,19H,4-5,7-8,10,14-18H2,(H,25,26). The molecule has 0 amide bonds. The van der Waals surface area contributed by atoms with Crippen LogP contribution in [0.5, 0.6) is 11.5 Å². The molecule has 0 atom stereocenters. The Morgan fingerprint density at radius 3 is 2.17 bits per heavy atom. The van der Waals surface area contributed by atoms with E-state index >= 15 is 0 Å². The maximum Gasteiger partial charge on any atom is 0.305 e. The Morgan fingerprint density at radius 2 is 1.43 bits per heavy atom. The van der Waals surface area contributed by atoms with Crippen molar-refractivity contribution in [2.75, 3.05) is 19.8 Å². The predicted molar refractivity (Wildman–Crippen MR) is 114 cm³/mol. The number of hydrogen-bond acceptors (Lipinski definition) is 5. The highest BCUT2D eigenvalue weighted by molar-refractivity contribution is 5.71. The van der Waals surface area contributed by atoms with E-state index in [9.17, 15) is 9.59 Å². The van der Waals surface area contributed by atoms with Crippen molar-refractivity contribution in [2.24, 2.45) is 0 Å². The van der Waals surface area contributed by atoms with Gasteiger partial charge in [0.2, 0.25) is 0 Å². The SMILES string of the molecule is O=C(O)CCCC(=O)OCCCc1cccc(OCCCCOc2ccccc2)c1. The Hall–Kier alpha value is -3.02. The zero-order valence-electron chi connectivity index (χ0n) is 17.3. The molecule has 0 radical (unpaired) electrons. The molecule has 0 aromatic heterocycles. The third-order valence-electron chi connectivity index (χ3n) is 4.36.